The number of benzene rings is 2. The van der Waals surface area contributed by atoms with Crippen LogP contribution in [0.4, 0.5) is 18.9 Å². The highest BCUT2D eigenvalue weighted by Crippen LogP contribution is 2.44. The number of carbonyl (C=O) groups excluding carboxylic acids is 1. The molecule has 2 heterocycles. The van der Waals surface area contributed by atoms with E-state index in [-0.39, 0.29) is 19.0 Å². The Hall–Kier alpha value is -2.79. The average Bonchev–Trinajstić information content (AvgIpc) is 3.14. The van der Waals surface area contributed by atoms with Gasteiger partial charge in [-0.15, -0.1) is 13.2 Å². The van der Waals surface area contributed by atoms with Crippen molar-refractivity contribution in [2.24, 2.45) is 5.41 Å². The van der Waals surface area contributed by atoms with Gasteiger partial charge in [-0.05, 0) is 62.1 Å². The van der Waals surface area contributed by atoms with Crippen molar-refractivity contribution in [1.29, 1.82) is 0 Å². The van der Waals surface area contributed by atoms with Crippen molar-refractivity contribution >= 4 is 21.6 Å². The lowest BCUT2D eigenvalue weighted by molar-refractivity contribution is -0.275. The van der Waals surface area contributed by atoms with Gasteiger partial charge in [-0.2, -0.15) is 4.31 Å². The number of hydrogen-bond donors (Lipinski definition) is 0. The van der Waals surface area contributed by atoms with Crippen molar-refractivity contribution in [2.75, 3.05) is 31.1 Å². The summed E-state index contributed by atoms with van der Waals surface area (Å²) < 4.78 is 75.4. The fourth-order valence-electron chi connectivity index (χ4n) is 4.75. The Balaban J connectivity index is 1.43. The number of nitrogens with zero attached hydrogens (tertiary/aromatic N) is 2. The molecule has 11 heteroatoms. The molecule has 0 radical (unpaired) electrons. The van der Waals surface area contributed by atoms with Gasteiger partial charge >= 0.3 is 6.36 Å². The molecule has 0 aliphatic carbocycles. The minimum Gasteiger partial charge on any atom is -0.494 e. The molecule has 0 atom stereocenters. The van der Waals surface area contributed by atoms with E-state index in [1.807, 2.05) is 24.3 Å². The fourth-order valence-corrected chi connectivity index (χ4v) is 6.31. The zero-order valence-corrected chi connectivity index (χ0v) is 20.8. The second-order valence-electron chi connectivity index (χ2n) is 9.08. The van der Waals surface area contributed by atoms with Crippen molar-refractivity contribution in [3.8, 4) is 11.5 Å². The Bertz CT molecular complexity index is 1180. The van der Waals surface area contributed by atoms with Crippen LogP contribution in [0.15, 0.2) is 53.4 Å². The summed E-state index contributed by atoms with van der Waals surface area (Å²) in [5.74, 6) is -0.0858. The van der Waals surface area contributed by atoms with Crippen LogP contribution < -0.4 is 14.4 Å². The minimum absolute atomic E-state index is 0.0342. The zero-order chi connectivity index (χ0) is 26.0. The van der Waals surface area contributed by atoms with E-state index < -0.39 is 32.4 Å². The molecule has 0 unspecified atom stereocenters. The SMILES string of the molecule is CCCCOc1ccc(N2CCC3(CCN(S(=O)(=O)c4ccccc4OC(F)(F)F)CC3)C2=O)cc1. The molecule has 2 aromatic carbocycles. The zero-order valence-electron chi connectivity index (χ0n) is 20.0. The molecule has 2 aromatic rings. The van der Waals surface area contributed by atoms with Crippen LogP contribution in [-0.2, 0) is 14.8 Å². The monoisotopic (exact) mass is 526 g/mol. The summed E-state index contributed by atoms with van der Waals surface area (Å²) in [5, 5.41) is 0. The van der Waals surface area contributed by atoms with Gasteiger partial charge in [-0.1, -0.05) is 25.5 Å². The Morgan fingerprint density at radius 1 is 0.972 bits per heavy atom. The summed E-state index contributed by atoms with van der Waals surface area (Å²) in [7, 11) is -4.24. The summed E-state index contributed by atoms with van der Waals surface area (Å²) in [6.45, 7) is 3.30. The number of sulfonamides is 1. The maximum absolute atomic E-state index is 13.4. The van der Waals surface area contributed by atoms with E-state index in [1.165, 1.54) is 12.1 Å². The van der Waals surface area contributed by atoms with Crippen molar-refractivity contribution < 1.29 is 35.9 Å². The number of hydrogen-bond acceptors (Lipinski definition) is 5. The number of anilines is 1. The molecule has 2 saturated heterocycles. The van der Waals surface area contributed by atoms with Crippen LogP contribution in [0.2, 0.25) is 0 Å². The lowest BCUT2D eigenvalue weighted by Gasteiger charge is -2.37. The maximum atomic E-state index is 13.4. The van der Waals surface area contributed by atoms with Crippen LogP contribution in [0.5, 0.6) is 11.5 Å². The predicted octanol–water partition coefficient (Wildman–Crippen LogP) is 4.97. The average molecular weight is 527 g/mol. The van der Waals surface area contributed by atoms with E-state index in [0.29, 0.717) is 32.4 Å². The lowest BCUT2D eigenvalue weighted by Crippen LogP contribution is -2.46. The van der Waals surface area contributed by atoms with Gasteiger partial charge in [0.1, 0.15) is 16.4 Å². The molecule has 4 rings (SSSR count). The number of carbonyl (C=O) groups is 1. The summed E-state index contributed by atoms with van der Waals surface area (Å²) >= 11 is 0. The first kappa shape index (κ1) is 26.3. The Morgan fingerprint density at radius 2 is 1.61 bits per heavy atom. The summed E-state index contributed by atoms with van der Waals surface area (Å²) in [4.78, 5) is 14.6. The van der Waals surface area contributed by atoms with Crippen molar-refractivity contribution in [1.82, 2.24) is 4.31 Å². The summed E-state index contributed by atoms with van der Waals surface area (Å²) in [5.41, 5.74) is 0.0672. The molecule has 1 spiro atoms. The van der Waals surface area contributed by atoms with E-state index in [1.54, 1.807) is 4.90 Å². The molecule has 2 aliphatic rings. The van der Waals surface area contributed by atoms with Gasteiger partial charge in [0.25, 0.3) is 0 Å². The molecule has 2 aliphatic heterocycles. The van der Waals surface area contributed by atoms with Crippen LogP contribution in [0, 0.1) is 5.41 Å². The number of piperidine rings is 1. The first-order valence-corrected chi connectivity index (χ1v) is 13.4. The van der Waals surface area contributed by atoms with Crippen LogP contribution >= 0.6 is 0 Å². The molecule has 0 bridgehead atoms. The summed E-state index contributed by atoms with van der Waals surface area (Å²) in [6, 6.07) is 12.0. The molecule has 2 fully saturated rings. The van der Waals surface area contributed by atoms with E-state index in [2.05, 4.69) is 11.7 Å². The van der Waals surface area contributed by atoms with E-state index >= 15 is 0 Å². The molecule has 0 N–H and O–H groups in total. The highest BCUT2D eigenvalue weighted by atomic mass is 32.2. The highest BCUT2D eigenvalue weighted by molar-refractivity contribution is 7.89. The first-order chi connectivity index (χ1) is 17.1. The predicted molar refractivity (Wildman–Crippen MR) is 127 cm³/mol. The van der Waals surface area contributed by atoms with Gasteiger partial charge in [0.2, 0.25) is 15.9 Å². The molecule has 196 valence electrons. The molecular weight excluding hydrogens is 497 g/mol. The normalized spacial score (nSPS) is 18.6. The van der Waals surface area contributed by atoms with Crippen LogP contribution in [0.25, 0.3) is 0 Å². The Labute approximate surface area is 208 Å². The molecule has 0 saturated carbocycles. The topological polar surface area (TPSA) is 76.2 Å². The van der Waals surface area contributed by atoms with E-state index in [4.69, 9.17) is 4.74 Å². The molecule has 1 amide bonds. The van der Waals surface area contributed by atoms with Gasteiger partial charge in [-0.3, -0.25) is 4.79 Å². The molecule has 0 aromatic heterocycles. The second kappa shape index (κ2) is 10.3. The van der Waals surface area contributed by atoms with Crippen molar-refractivity contribution in [3.63, 3.8) is 0 Å². The van der Waals surface area contributed by atoms with Gasteiger partial charge in [-0.25, -0.2) is 8.42 Å². The van der Waals surface area contributed by atoms with Gasteiger partial charge in [0.15, 0.2) is 0 Å². The third-order valence-electron chi connectivity index (χ3n) is 6.80. The molecular formula is C25H29F3N2O5S. The molecule has 36 heavy (non-hydrogen) atoms. The van der Waals surface area contributed by atoms with Crippen molar-refractivity contribution in [2.45, 2.75) is 50.3 Å². The summed E-state index contributed by atoms with van der Waals surface area (Å²) in [6.07, 6.45) is -1.85. The Morgan fingerprint density at radius 3 is 2.25 bits per heavy atom. The van der Waals surface area contributed by atoms with Gasteiger partial charge in [0.05, 0.1) is 12.0 Å². The number of alkyl halides is 3. The lowest BCUT2D eigenvalue weighted by atomic mass is 9.77. The first-order valence-electron chi connectivity index (χ1n) is 12.0. The number of ether oxygens (including phenoxy) is 2. The highest BCUT2D eigenvalue weighted by Gasteiger charge is 2.50. The third kappa shape index (κ3) is 5.46. The second-order valence-corrected chi connectivity index (χ2v) is 11.0. The fraction of sp³-hybridized carbons (Fsp3) is 0.480. The van der Waals surface area contributed by atoms with Gasteiger partial charge < -0.3 is 14.4 Å². The third-order valence-corrected chi connectivity index (χ3v) is 8.74. The number of halogens is 3. The number of rotatable bonds is 8. The molecule has 7 nitrogen and oxygen atoms in total. The largest absolute Gasteiger partial charge is 0.573 e. The van der Waals surface area contributed by atoms with E-state index in [0.717, 1.165) is 40.7 Å². The number of amides is 1. The van der Waals surface area contributed by atoms with Crippen molar-refractivity contribution in [3.05, 3.63) is 48.5 Å². The maximum Gasteiger partial charge on any atom is 0.573 e. The number of unbranched alkanes of at least 4 members (excludes halogenated alkanes) is 1. The van der Waals surface area contributed by atoms with Crippen LogP contribution in [0.1, 0.15) is 39.0 Å². The smallest absolute Gasteiger partial charge is 0.494 e. The standard InChI is InChI=1S/C25H29F3N2O5S/c1-2-3-18-34-20-10-8-19(9-11-20)30-17-14-24(23(30)31)12-15-29(16-13-24)36(32,33)22-7-5-4-6-21(22)35-25(26,27)28/h4-11H,2-3,12-18H2,1H3. The van der Waals surface area contributed by atoms with Crippen LogP contribution in [-0.4, -0.2) is 51.2 Å². The van der Waals surface area contributed by atoms with Crippen LogP contribution in [0.3, 0.4) is 0 Å². The van der Waals surface area contributed by atoms with E-state index in [9.17, 15) is 26.4 Å². The minimum atomic E-state index is -5.02. The van der Waals surface area contributed by atoms with Gasteiger partial charge in [0, 0.05) is 25.3 Å². The number of para-hydroxylation sites is 1. The Kier molecular flexibility index (Phi) is 7.51. The quantitative estimate of drug-likeness (QED) is 0.454.